The highest BCUT2D eigenvalue weighted by Crippen LogP contribution is 2.28. The Morgan fingerprint density at radius 1 is 1.14 bits per heavy atom. The molecular formula is C21H17BrN2O3S. The van der Waals surface area contributed by atoms with Gasteiger partial charge in [0.25, 0.3) is 5.91 Å². The molecule has 1 heterocycles. The van der Waals surface area contributed by atoms with Crippen LogP contribution in [0.2, 0.25) is 0 Å². The van der Waals surface area contributed by atoms with Crippen molar-refractivity contribution in [3.63, 3.8) is 0 Å². The summed E-state index contributed by atoms with van der Waals surface area (Å²) in [6.45, 7) is 0.232. The van der Waals surface area contributed by atoms with E-state index in [2.05, 4.69) is 27.3 Å². The zero-order valence-corrected chi connectivity index (χ0v) is 17.3. The van der Waals surface area contributed by atoms with Crippen LogP contribution in [0.4, 0.5) is 5.69 Å². The Hall–Kier alpha value is -2.69. The van der Waals surface area contributed by atoms with Crippen LogP contribution in [-0.4, -0.2) is 11.7 Å². The summed E-state index contributed by atoms with van der Waals surface area (Å²) >= 11 is 4.91. The average molecular weight is 457 g/mol. The van der Waals surface area contributed by atoms with Crippen molar-refractivity contribution in [1.82, 2.24) is 0 Å². The Morgan fingerprint density at radius 2 is 1.93 bits per heavy atom. The lowest BCUT2D eigenvalue weighted by Gasteiger charge is -2.09. The van der Waals surface area contributed by atoms with Gasteiger partial charge in [0.2, 0.25) is 0 Å². The first kappa shape index (κ1) is 20.1. The van der Waals surface area contributed by atoms with Gasteiger partial charge in [-0.15, -0.1) is 11.8 Å². The first-order chi connectivity index (χ1) is 13.7. The first-order valence-electron chi connectivity index (χ1n) is 8.53. The van der Waals surface area contributed by atoms with Crippen LogP contribution in [0.5, 0.6) is 5.75 Å². The number of nitrogens with zero attached hydrogens (tertiary/aromatic N) is 1. The van der Waals surface area contributed by atoms with Crippen LogP contribution in [0.25, 0.3) is 0 Å². The molecule has 1 amide bonds. The number of thioether (sulfide) groups is 1. The fourth-order valence-electron chi connectivity index (χ4n) is 2.35. The number of rotatable bonds is 8. The Bertz CT molecular complexity index is 980. The fraction of sp³-hybridized carbons (Fsp3) is 0.143. The molecule has 1 N–H and O–H groups in total. The number of para-hydroxylation sites is 1. The van der Waals surface area contributed by atoms with Crippen LogP contribution in [0.1, 0.15) is 22.7 Å². The third-order valence-electron chi connectivity index (χ3n) is 3.69. The van der Waals surface area contributed by atoms with Crippen molar-refractivity contribution in [2.24, 2.45) is 0 Å². The third kappa shape index (κ3) is 5.65. The van der Waals surface area contributed by atoms with Gasteiger partial charge in [-0.1, -0.05) is 28.1 Å². The number of carbonyl (C=O) groups excluding carboxylic acids is 1. The molecule has 28 heavy (non-hydrogen) atoms. The number of nitrogens with one attached hydrogen (secondary N) is 1. The van der Waals surface area contributed by atoms with Crippen molar-refractivity contribution in [3.8, 4) is 11.8 Å². The summed E-state index contributed by atoms with van der Waals surface area (Å²) in [5.41, 5.74) is 0.694. The van der Waals surface area contributed by atoms with Gasteiger partial charge in [0, 0.05) is 21.5 Å². The van der Waals surface area contributed by atoms with Gasteiger partial charge >= 0.3 is 0 Å². The van der Waals surface area contributed by atoms with E-state index in [1.54, 1.807) is 12.1 Å². The second kappa shape index (κ2) is 10.0. The van der Waals surface area contributed by atoms with E-state index in [0.29, 0.717) is 29.4 Å². The highest BCUT2D eigenvalue weighted by Gasteiger charge is 2.14. The van der Waals surface area contributed by atoms with Gasteiger partial charge in [-0.3, -0.25) is 4.79 Å². The van der Waals surface area contributed by atoms with E-state index < -0.39 is 0 Å². The molecule has 0 fully saturated rings. The number of hydrogen-bond acceptors (Lipinski definition) is 5. The predicted molar refractivity (Wildman–Crippen MR) is 113 cm³/mol. The minimum Gasteiger partial charge on any atom is -0.486 e. The molecule has 2 aromatic carbocycles. The lowest BCUT2D eigenvalue weighted by molar-refractivity contribution is 0.0992. The molecule has 3 rings (SSSR count). The molecular weight excluding hydrogens is 440 g/mol. The summed E-state index contributed by atoms with van der Waals surface area (Å²) in [5, 5.41) is 11.5. The molecule has 3 aromatic rings. The normalized spacial score (nSPS) is 10.3. The molecule has 0 unspecified atom stereocenters. The Morgan fingerprint density at radius 3 is 2.71 bits per heavy atom. The predicted octanol–water partition coefficient (Wildman–Crippen LogP) is 5.88. The van der Waals surface area contributed by atoms with Crippen molar-refractivity contribution in [3.05, 3.63) is 76.7 Å². The van der Waals surface area contributed by atoms with Crippen molar-refractivity contribution >= 4 is 39.3 Å². The van der Waals surface area contributed by atoms with Crippen molar-refractivity contribution in [1.29, 1.82) is 5.26 Å². The number of hydrogen-bond donors (Lipinski definition) is 1. The van der Waals surface area contributed by atoms with Crippen LogP contribution >= 0.6 is 27.7 Å². The Labute approximate surface area is 175 Å². The van der Waals surface area contributed by atoms with E-state index >= 15 is 0 Å². The van der Waals surface area contributed by atoms with Gasteiger partial charge in [0.1, 0.15) is 18.1 Å². The number of furan rings is 1. The second-order valence-corrected chi connectivity index (χ2v) is 7.77. The summed E-state index contributed by atoms with van der Waals surface area (Å²) in [6, 6.07) is 20.4. The molecule has 1 aromatic heterocycles. The van der Waals surface area contributed by atoms with E-state index in [4.69, 9.17) is 14.4 Å². The standard InChI is InChI=1S/C21H17BrN2O3S/c22-15-6-8-16(9-7-15)26-14-17-10-11-19(27-17)21(25)24-18-4-1-2-5-20(18)28-13-3-12-23/h1-2,4-11H,3,13-14H2,(H,24,25). The number of benzene rings is 2. The Kier molecular flexibility index (Phi) is 7.18. The zero-order valence-electron chi connectivity index (χ0n) is 14.9. The second-order valence-electron chi connectivity index (χ2n) is 5.72. The quantitative estimate of drug-likeness (QED) is 0.338. The molecule has 0 aliphatic rings. The molecule has 0 bridgehead atoms. The summed E-state index contributed by atoms with van der Waals surface area (Å²) in [4.78, 5) is 13.4. The van der Waals surface area contributed by atoms with E-state index in [1.165, 1.54) is 11.8 Å². The molecule has 0 saturated heterocycles. The number of carbonyl (C=O) groups is 1. The maximum Gasteiger partial charge on any atom is 0.291 e. The molecule has 0 radical (unpaired) electrons. The van der Waals surface area contributed by atoms with Gasteiger partial charge in [0.15, 0.2) is 5.76 Å². The van der Waals surface area contributed by atoms with Crippen LogP contribution in [-0.2, 0) is 6.61 Å². The summed E-state index contributed by atoms with van der Waals surface area (Å²) < 4.78 is 12.2. The third-order valence-corrected chi connectivity index (χ3v) is 5.29. The Balaban J connectivity index is 1.60. The monoisotopic (exact) mass is 456 g/mol. The molecule has 0 aliphatic heterocycles. The van der Waals surface area contributed by atoms with E-state index in [1.807, 2.05) is 48.5 Å². The number of halogens is 1. The van der Waals surface area contributed by atoms with Crippen LogP contribution in [0.3, 0.4) is 0 Å². The molecule has 0 aliphatic carbocycles. The minimum atomic E-state index is -0.330. The highest BCUT2D eigenvalue weighted by molar-refractivity contribution is 9.10. The van der Waals surface area contributed by atoms with E-state index in [9.17, 15) is 4.79 Å². The van der Waals surface area contributed by atoms with Gasteiger partial charge in [-0.05, 0) is 48.5 Å². The fourth-order valence-corrected chi connectivity index (χ4v) is 3.48. The van der Waals surface area contributed by atoms with E-state index in [0.717, 1.165) is 9.37 Å². The summed E-state index contributed by atoms with van der Waals surface area (Å²) in [6.07, 6.45) is 0.451. The lowest BCUT2D eigenvalue weighted by Crippen LogP contribution is -2.11. The molecule has 5 nitrogen and oxygen atoms in total. The average Bonchev–Trinajstić information content (AvgIpc) is 3.18. The topological polar surface area (TPSA) is 75.3 Å². The van der Waals surface area contributed by atoms with Crippen LogP contribution < -0.4 is 10.1 Å². The molecule has 0 atom stereocenters. The maximum atomic E-state index is 12.5. The molecule has 7 heteroatoms. The van der Waals surface area contributed by atoms with Crippen LogP contribution in [0, 0.1) is 11.3 Å². The van der Waals surface area contributed by atoms with Gasteiger partial charge in [-0.25, -0.2) is 0 Å². The van der Waals surface area contributed by atoms with Crippen molar-refractivity contribution < 1.29 is 13.9 Å². The van der Waals surface area contributed by atoms with E-state index in [-0.39, 0.29) is 18.3 Å². The van der Waals surface area contributed by atoms with Crippen molar-refractivity contribution in [2.45, 2.75) is 17.9 Å². The van der Waals surface area contributed by atoms with Crippen LogP contribution in [0.15, 0.2) is 74.4 Å². The SMILES string of the molecule is N#CCCSc1ccccc1NC(=O)c1ccc(COc2ccc(Br)cc2)o1. The van der Waals surface area contributed by atoms with Gasteiger partial charge in [0.05, 0.1) is 11.8 Å². The highest BCUT2D eigenvalue weighted by atomic mass is 79.9. The minimum absolute atomic E-state index is 0.214. The van der Waals surface area contributed by atoms with Gasteiger partial charge in [-0.2, -0.15) is 5.26 Å². The first-order valence-corrected chi connectivity index (χ1v) is 10.3. The molecule has 0 spiro atoms. The molecule has 0 saturated carbocycles. The number of amides is 1. The summed E-state index contributed by atoms with van der Waals surface area (Å²) in [5.74, 6) is 1.83. The van der Waals surface area contributed by atoms with Gasteiger partial charge < -0.3 is 14.5 Å². The number of ether oxygens (including phenoxy) is 1. The molecule has 142 valence electrons. The van der Waals surface area contributed by atoms with Crippen molar-refractivity contribution in [2.75, 3.05) is 11.1 Å². The summed E-state index contributed by atoms with van der Waals surface area (Å²) in [7, 11) is 0. The maximum absolute atomic E-state index is 12.5. The number of nitriles is 1. The smallest absolute Gasteiger partial charge is 0.291 e. The number of anilines is 1. The lowest BCUT2D eigenvalue weighted by atomic mass is 10.3. The largest absolute Gasteiger partial charge is 0.486 e. The zero-order chi connectivity index (χ0) is 19.8.